The molecule has 1 amide bonds. The fourth-order valence-corrected chi connectivity index (χ4v) is 5.31. The van der Waals surface area contributed by atoms with Gasteiger partial charge in [0.15, 0.2) is 11.0 Å². The van der Waals surface area contributed by atoms with Gasteiger partial charge >= 0.3 is 0 Å². The maximum atomic E-state index is 12.3. The van der Waals surface area contributed by atoms with E-state index in [1.54, 1.807) is 11.3 Å². The summed E-state index contributed by atoms with van der Waals surface area (Å²) in [5.74, 6) is 1.32. The van der Waals surface area contributed by atoms with Gasteiger partial charge in [-0.15, -0.1) is 21.5 Å². The van der Waals surface area contributed by atoms with Crippen LogP contribution in [0.3, 0.4) is 0 Å². The van der Waals surface area contributed by atoms with Crippen molar-refractivity contribution in [3.05, 3.63) is 29.6 Å². The van der Waals surface area contributed by atoms with Gasteiger partial charge in [-0.25, -0.2) is 0 Å². The molecule has 1 aliphatic carbocycles. The molecule has 0 saturated heterocycles. The van der Waals surface area contributed by atoms with Crippen LogP contribution in [0, 0.1) is 0 Å². The second-order valence-corrected chi connectivity index (χ2v) is 8.91. The second-order valence-electron chi connectivity index (χ2n) is 7.06. The van der Waals surface area contributed by atoms with Gasteiger partial charge in [-0.05, 0) is 18.9 Å². The minimum Gasteiger partial charge on any atom is -0.353 e. The van der Waals surface area contributed by atoms with E-state index >= 15 is 0 Å². The van der Waals surface area contributed by atoms with Crippen molar-refractivity contribution in [2.45, 2.75) is 49.7 Å². The van der Waals surface area contributed by atoms with Gasteiger partial charge in [0.05, 0.1) is 5.75 Å². The quantitative estimate of drug-likeness (QED) is 0.501. The van der Waals surface area contributed by atoms with Crippen molar-refractivity contribution in [3.63, 3.8) is 0 Å². The number of nitrogens with one attached hydrogen (secondary N) is 1. The van der Waals surface area contributed by atoms with Gasteiger partial charge < -0.3 is 9.88 Å². The Hall–Kier alpha value is -1.86. The minimum absolute atomic E-state index is 0.0948. The molecule has 0 aliphatic heterocycles. The molecule has 0 spiro atoms. The Morgan fingerprint density at radius 2 is 2.00 bits per heavy atom. The number of fused-ring (bicyclic) bond motifs is 1. The summed E-state index contributed by atoms with van der Waals surface area (Å²) >= 11 is 3.17. The molecule has 0 atom stereocenters. The van der Waals surface area contributed by atoms with Gasteiger partial charge in [-0.1, -0.05) is 55.6 Å². The van der Waals surface area contributed by atoms with Crippen LogP contribution in [0.25, 0.3) is 21.5 Å². The van der Waals surface area contributed by atoms with E-state index in [4.69, 9.17) is 0 Å². The third-order valence-electron chi connectivity index (χ3n) is 5.11. The van der Waals surface area contributed by atoms with Gasteiger partial charge in [0.2, 0.25) is 5.91 Å². The summed E-state index contributed by atoms with van der Waals surface area (Å²) in [7, 11) is 1.97. The van der Waals surface area contributed by atoms with Crippen molar-refractivity contribution >= 4 is 39.1 Å². The first-order valence-electron chi connectivity index (χ1n) is 9.50. The molecule has 1 saturated carbocycles. The summed E-state index contributed by atoms with van der Waals surface area (Å²) in [5, 5.41) is 16.0. The molecule has 27 heavy (non-hydrogen) atoms. The summed E-state index contributed by atoms with van der Waals surface area (Å²) < 4.78 is 3.23. The highest BCUT2D eigenvalue weighted by Crippen LogP contribution is 2.33. The second kappa shape index (κ2) is 8.44. The maximum Gasteiger partial charge on any atom is 0.230 e. The number of nitrogens with zero attached hydrogens (tertiary/aromatic N) is 3. The van der Waals surface area contributed by atoms with Crippen LogP contribution >= 0.6 is 23.1 Å². The number of aromatic nitrogens is 3. The lowest BCUT2D eigenvalue weighted by Gasteiger charge is -2.15. The molecular formula is C20H24N4OS2. The number of thioether (sulfide) groups is 1. The number of hydrogen-bond donors (Lipinski definition) is 1. The number of amides is 1. The molecular weight excluding hydrogens is 376 g/mol. The molecule has 0 bridgehead atoms. The Balaban J connectivity index is 1.41. The fraction of sp³-hybridized carbons (Fsp3) is 0.450. The number of rotatable bonds is 5. The van der Waals surface area contributed by atoms with Crippen LogP contribution in [-0.4, -0.2) is 32.5 Å². The number of carbonyl (C=O) groups is 1. The highest BCUT2D eigenvalue weighted by Gasteiger charge is 2.18. The van der Waals surface area contributed by atoms with Crippen LogP contribution in [0.2, 0.25) is 0 Å². The van der Waals surface area contributed by atoms with Crippen LogP contribution in [0.5, 0.6) is 0 Å². The lowest BCUT2D eigenvalue weighted by molar-refractivity contribution is -0.119. The molecule has 3 aromatic rings. The third kappa shape index (κ3) is 4.19. The van der Waals surface area contributed by atoms with Crippen LogP contribution in [0.4, 0.5) is 0 Å². The largest absolute Gasteiger partial charge is 0.353 e. The van der Waals surface area contributed by atoms with E-state index in [0.29, 0.717) is 11.8 Å². The Morgan fingerprint density at radius 1 is 1.22 bits per heavy atom. The Labute approximate surface area is 167 Å². The Kier molecular flexibility index (Phi) is 5.78. The molecule has 4 rings (SSSR count). The zero-order valence-corrected chi connectivity index (χ0v) is 17.1. The van der Waals surface area contributed by atoms with E-state index < -0.39 is 0 Å². The number of thiophene rings is 1. The topological polar surface area (TPSA) is 59.8 Å². The van der Waals surface area contributed by atoms with E-state index in [1.807, 2.05) is 23.7 Å². The molecule has 0 unspecified atom stereocenters. The van der Waals surface area contributed by atoms with Crippen molar-refractivity contribution in [2.75, 3.05) is 5.75 Å². The number of benzene rings is 1. The monoisotopic (exact) mass is 400 g/mol. The Morgan fingerprint density at radius 3 is 2.81 bits per heavy atom. The number of hydrogen-bond acceptors (Lipinski definition) is 5. The average Bonchev–Trinajstić information content (AvgIpc) is 3.15. The normalized spacial score (nSPS) is 15.7. The van der Waals surface area contributed by atoms with Crippen LogP contribution < -0.4 is 5.32 Å². The molecule has 7 heteroatoms. The van der Waals surface area contributed by atoms with Crippen LogP contribution in [0.1, 0.15) is 38.5 Å². The van der Waals surface area contributed by atoms with Gasteiger partial charge in [0, 0.05) is 34.1 Å². The molecule has 1 N–H and O–H groups in total. The van der Waals surface area contributed by atoms with Crippen LogP contribution in [0.15, 0.2) is 34.8 Å². The Bertz CT molecular complexity index is 925. The van der Waals surface area contributed by atoms with E-state index in [0.717, 1.165) is 29.4 Å². The summed E-state index contributed by atoms with van der Waals surface area (Å²) in [6.07, 6.45) is 7.24. The molecule has 0 radical (unpaired) electrons. The highest BCUT2D eigenvalue weighted by molar-refractivity contribution is 7.99. The first-order valence-corrected chi connectivity index (χ1v) is 11.4. The van der Waals surface area contributed by atoms with Crippen LogP contribution in [-0.2, 0) is 11.8 Å². The first-order chi connectivity index (χ1) is 13.2. The molecule has 2 heterocycles. The van der Waals surface area contributed by atoms with Crippen molar-refractivity contribution in [1.29, 1.82) is 0 Å². The zero-order chi connectivity index (χ0) is 18.6. The summed E-state index contributed by atoms with van der Waals surface area (Å²) in [5.41, 5.74) is 1.10. The maximum absolute atomic E-state index is 12.3. The minimum atomic E-state index is 0.0948. The van der Waals surface area contributed by atoms with E-state index in [2.05, 4.69) is 33.0 Å². The SMILES string of the molecule is Cn1c(SCC(=O)NC2CCCCCC2)nnc1-c1csc2ccccc12. The van der Waals surface area contributed by atoms with Crippen molar-refractivity contribution in [1.82, 2.24) is 20.1 Å². The van der Waals surface area contributed by atoms with E-state index in [9.17, 15) is 4.79 Å². The predicted octanol–water partition coefficient (Wildman–Crippen LogP) is 4.63. The molecule has 1 fully saturated rings. The van der Waals surface area contributed by atoms with Gasteiger partial charge in [0.25, 0.3) is 0 Å². The fourth-order valence-electron chi connectivity index (χ4n) is 3.65. The van der Waals surface area contributed by atoms with E-state index in [-0.39, 0.29) is 5.91 Å². The molecule has 1 aliphatic rings. The van der Waals surface area contributed by atoms with Crippen molar-refractivity contribution in [3.8, 4) is 11.4 Å². The highest BCUT2D eigenvalue weighted by atomic mass is 32.2. The molecule has 142 valence electrons. The third-order valence-corrected chi connectivity index (χ3v) is 7.09. The van der Waals surface area contributed by atoms with Crippen molar-refractivity contribution < 1.29 is 4.79 Å². The standard InChI is InChI=1S/C20H24N4OS2/c1-24-19(16-12-26-17-11-7-6-10-15(16)17)22-23-20(24)27-13-18(25)21-14-8-4-2-3-5-9-14/h6-7,10-12,14H,2-5,8-9,13H2,1H3,(H,21,25). The average molecular weight is 401 g/mol. The van der Waals surface area contributed by atoms with Gasteiger partial charge in [-0.2, -0.15) is 0 Å². The summed E-state index contributed by atoms with van der Waals surface area (Å²) in [4.78, 5) is 12.3. The zero-order valence-electron chi connectivity index (χ0n) is 15.5. The lowest BCUT2D eigenvalue weighted by Crippen LogP contribution is -2.35. The summed E-state index contributed by atoms with van der Waals surface area (Å²) in [6, 6.07) is 8.67. The molecule has 2 aromatic heterocycles. The molecule has 1 aromatic carbocycles. The first kappa shape index (κ1) is 18.5. The molecule has 5 nitrogen and oxygen atoms in total. The summed E-state index contributed by atoms with van der Waals surface area (Å²) in [6.45, 7) is 0. The number of carbonyl (C=O) groups excluding carboxylic acids is 1. The van der Waals surface area contributed by atoms with Crippen molar-refractivity contribution in [2.24, 2.45) is 7.05 Å². The smallest absolute Gasteiger partial charge is 0.230 e. The van der Waals surface area contributed by atoms with E-state index in [1.165, 1.54) is 47.5 Å². The lowest BCUT2D eigenvalue weighted by atomic mass is 10.1. The van der Waals surface area contributed by atoms with Gasteiger partial charge in [-0.3, -0.25) is 4.79 Å². The predicted molar refractivity (Wildman–Crippen MR) is 112 cm³/mol. The van der Waals surface area contributed by atoms with Gasteiger partial charge in [0.1, 0.15) is 0 Å².